The van der Waals surface area contributed by atoms with Crippen LogP contribution in [0.3, 0.4) is 0 Å². The number of hydrogen-bond acceptors (Lipinski definition) is 4. The summed E-state index contributed by atoms with van der Waals surface area (Å²) in [5.74, 6) is 0. The van der Waals surface area contributed by atoms with Crippen LogP contribution in [0.4, 0.5) is 13.2 Å². The monoisotopic (exact) mass is 441 g/mol. The summed E-state index contributed by atoms with van der Waals surface area (Å²) in [6.07, 6.45) is -4.68. The molecule has 132 valence electrons. The largest absolute Gasteiger partial charge is 0.417 e. The lowest BCUT2D eigenvalue weighted by Crippen LogP contribution is -2.20. The van der Waals surface area contributed by atoms with Gasteiger partial charge >= 0.3 is 11.9 Å². The number of aromatic amines is 2. The van der Waals surface area contributed by atoms with Crippen molar-refractivity contribution in [3.05, 3.63) is 61.2 Å². The maximum Gasteiger partial charge on any atom is 0.417 e. The predicted octanol–water partition coefficient (Wildman–Crippen LogP) is 4.27. The number of fused-ring (bicyclic) bond motifs is 3. The van der Waals surface area contributed by atoms with Gasteiger partial charge in [0.1, 0.15) is 9.53 Å². The third-order valence-electron chi connectivity index (χ3n) is 3.78. The zero-order valence-electron chi connectivity index (χ0n) is 12.6. The fourth-order valence-corrected chi connectivity index (χ4v) is 3.99. The second-order valence-corrected chi connectivity index (χ2v) is 7.37. The van der Waals surface area contributed by atoms with Crippen molar-refractivity contribution < 1.29 is 13.2 Å². The third-order valence-corrected chi connectivity index (χ3v) is 5.39. The van der Waals surface area contributed by atoms with Gasteiger partial charge in [0.05, 0.1) is 16.8 Å². The summed E-state index contributed by atoms with van der Waals surface area (Å²) < 4.78 is 41.8. The lowest BCUT2D eigenvalue weighted by Gasteiger charge is -2.11. The molecule has 1 aromatic carbocycles. The van der Waals surface area contributed by atoms with Gasteiger partial charge in [-0.25, -0.2) is 9.78 Å². The minimum atomic E-state index is -4.68. The van der Waals surface area contributed by atoms with Crippen molar-refractivity contribution >= 4 is 47.7 Å². The number of pyridine rings is 1. The van der Waals surface area contributed by atoms with E-state index in [2.05, 4.69) is 25.9 Å². The number of thiophene rings is 1. The quantitative estimate of drug-likeness (QED) is 0.462. The molecule has 0 aliphatic rings. The van der Waals surface area contributed by atoms with Crippen molar-refractivity contribution in [3.63, 3.8) is 0 Å². The Hall–Kier alpha value is -2.46. The van der Waals surface area contributed by atoms with Crippen LogP contribution in [0.15, 0.2) is 44.4 Å². The van der Waals surface area contributed by atoms with Gasteiger partial charge in [-0.05, 0) is 18.2 Å². The number of halogens is 4. The van der Waals surface area contributed by atoms with Gasteiger partial charge in [0.15, 0.2) is 0 Å². The summed E-state index contributed by atoms with van der Waals surface area (Å²) in [6, 6.07) is 7.60. The van der Waals surface area contributed by atoms with Gasteiger partial charge in [-0.2, -0.15) is 13.2 Å². The fraction of sp³-hybridized carbons (Fsp3) is 0.0625. The van der Waals surface area contributed by atoms with E-state index in [-0.39, 0.29) is 26.1 Å². The fourth-order valence-electron chi connectivity index (χ4n) is 2.67. The first-order valence-electron chi connectivity index (χ1n) is 7.17. The Morgan fingerprint density at radius 1 is 1.08 bits per heavy atom. The summed E-state index contributed by atoms with van der Waals surface area (Å²) in [5, 5.41) is -0.276. The van der Waals surface area contributed by atoms with E-state index < -0.39 is 23.0 Å². The van der Waals surface area contributed by atoms with Gasteiger partial charge in [-0.3, -0.25) is 9.78 Å². The Balaban J connectivity index is 2.15. The second kappa shape index (κ2) is 5.78. The standard InChI is InChI=1S/C16H7BrF3N3O2S/c17-7-3-1-6(2-4-7)9-5-8(16(18,19)20)10-11-12(26-14(10)21-9)13(24)23-15(25)22-11/h1-5H,(H2,22,23,24,25). The van der Waals surface area contributed by atoms with Crippen LogP contribution in [0.25, 0.3) is 31.7 Å². The van der Waals surface area contributed by atoms with Gasteiger partial charge in [-0.15, -0.1) is 11.3 Å². The number of nitrogens with zero attached hydrogens (tertiary/aromatic N) is 1. The molecule has 4 rings (SSSR count). The molecule has 2 N–H and O–H groups in total. The van der Waals surface area contributed by atoms with Crippen LogP contribution in [-0.4, -0.2) is 15.0 Å². The van der Waals surface area contributed by atoms with Crippen LogP contribution in [0.5, 0.6) is 0 Å². The Kier molecular flexibility index (Phi) is 3.77. The number of aromatic nitrogens is 3. The molecule has 0 aliphatic heterocycles. The van der Waals surface area contributed by atoms with Gasteiger partial charge in [0.2, 0.25) is 0 Å². The Morgan fingerprint density at radius 3 is 2.42 bits per heavy atom. The van der Waals surface area contributed by atoms with E-state index in [4.69, 9.17) is 0 Å². The van der Waals surface area contributed by atoms with E-state index in [1.165, 1.54) is 0 Å². The molecule has 0 atom stereocenters. The van der Waals surface area contributed by atoms with Crippen molar-refractivity contribution in [2.24, 2.45) is 0 Å². The summed E-state index contributed by atoms with van der Waals surface area (Å²) in [6.45, 7) is 0. The highest BCUT2D eigenvalue weighted by Gasteiger charge is 2.35. The molecule has 3 aromatic heterocycles. The number of H-pyrrole nitrogens is 2. The summed E-state index contributed by atoms with van der Waals surface area (Å²) in [7, 11) is 0. The molecule has 0 saturated heterocycles. The van der Waals surface area contributed by atoms with Gasteiger partial charge in [0.25, 0.3) is 5.56 Å². The zero-order chi connectivity index (χ0) is 18.6. The maximum absolute atomic E-state index is 13.7. The molecule has 0 aliphatic carbocycles. The van der Waals surface area contributed by atoms with Gasteiger partial charge in [-0.1, -0.05) is 28.1 Å². The van der Waals surface area contributed by atoms with E-state index in [9.17, 15) is 22.8 Å². The maximum atomic E-state index is 13.7. The van der Waals surface area contributed by atoms with Crippen LogP contribution in [0, 0.1) is 0 Å². The molecule has 0 bridgehead atoms. The third kappa shape index (κ3) is 2.74. The lowest BCUT2D eigenvalue weighted by molar-refractivity contribution is -0.136. The molecule has 5 nitrogen and oxygen atoms in total. The predicted molar refractivity (Wildman–Crippen MR) is 96.5 cm³/mol. The SMILES string of the molecule is O=c1[nH]c(=O)c2sc3nc(-c4ccc(Br)cc4)cc(C(F)(F)F)c3c2[nH]1. The molecule has 0 saturated carbocycles. The van der Waals surface area contributed by atoms with E-state index in [0.29, 0.717) is 5.56 Å². The van der Waals surface area contributed by atoms with Crippen LogP contribution in [-0.2, 0) is 6.18 Å². The van der Waals surface area contributed by atoms with Gasteiger partial charge < -0.3 is 4.98 Å². The molecule has 0 amide bonds. The molecule has 10 heteroatoms. The molecule has 0 unspecified atom stereocenters. The van der Waals surface area contributed by atoms with Crippen molar-refractivity contribution in [1.29, 1.82) is 0 Å². The second-order valence-electron chi connectivity index (χ2n) is 5.45. The summed E-state index contributed by atoms with van der Waals surface area (Å²) in [4.78, 5) is 32.1. The number of hydrogen-bond donors (Lipinski definition) is 2. The summed E-state index contributed by atoms with van der Waals surface area (Å²) >= 11 is 4.08. The highest BCUT2D eigenvalue weighted by Crippen LogP contribution is 2.41. The van der Waals surface area contributed by atoms with Crippen molar-refractivity contribution in [2.45, 2.75) is 6.18 Å². The minimum Gasteiger partial charge on any atom is -0.305 e. The van der Waals surface area contributed by atoms with Crippen molar-refractivity contribution in [1.82, 2.24) is 15.0 Å². The first kappa shape index (κ1) is 17.0. The Morgan fingerprint density at radius 2 is 1.77 bits per heavy atom. The van der Waals surface area contributed by atoms with Crippen molar-refractivity contribution in [2.75, 3.05) is 0 Å². The number of nitrogens with one attached hydrogen (secondary N) is 2. The lowest BCUT2D eigenvalue weighted by atomic mass is 10.1. The number of benzene rings is 1. The number of alkyl halides is 3. The van der Waals surface area contributed by atoms with Crippen LogP contribution < -0.4 is 11.2 Å². The van der Waals surface area contributed by atoms with Crippen molar-refractivity contribution in [3.8, 4) is 11.3 Å². The highest BCUT2D eigenvalue weighted by molar-refractivity contribution is 9.10. The molecule has 0 fully saturated rings. The normalized spacial score (nSPS) is 12.2. The molecule has 0 spiro atoms. The average Bonchev–Trinajstić information content (AvgIpc) is 2.92. The molecule has 3 heterocycles. The molecule has 0 radical (unpaired) electrons. The number of rotatable bonds is 1. The van der Waals surface area contributed by atoms with Crippen LogP contribution in [0.2, 0.25) is 0 Å². The Labute approximate surface area is 154 Å². The molecular weight excluding hydrogens is 435 g/mol. The molecule has 4 aromatic rings. The highest BCUT2D eigenvalue weighted by atomic mass is 79.9. The summed E-state index contributed by atoms with van der Waals surface area (Å²) in [5.41, 5.74) is -2.09. The van der Waals surface area contributed by atoms with Crippen LogP contribution in [0.1, 0.15) is 5.56 Å². The molecular formula is C16H7BrF3N3O2S. The first-order valence-corrected chi connectivity index (χ1v) is 8.78. The first-order chi connectivity index (χ1) is 12.2. The molecule has 26 heavy (non-hydrogen) atoms. The van der Waals surface area contributed by atoms with Gasteiger partial charge in [0, 0.05) is 15.4 Å². The smallest absolute Gasteiger partial charge is 0.305 e. The zero-order valence-corrected chi connectivity index (χ0v) is 15.0. The van der Waals surface area contributed by atoms with E-state index in [1.807, 2.05) is 4.98 Å². The average molecular weight is 442 g/mol. The Bertz CT molecular complexity index is 1270. The van der Waals surface area contributed by atoms with E-state index in [0.717, 1.165) is 21.9 Å². The van der Waals surface area contributed by atoms with E-state index in [1.54, 1.807) is 24.3 Å². The minimum absolute atomic E-state index is 0.00874. The van der Waals surface area contributed by atoms with Crippen LogP contribution >= 0.6 is 27.3 Å². The van der Waals surface area contributed by atoms with E-state index >= 15 is 0 Å². The topological polar surface area (TPSA) is 78.6 Å².